The lowest BCUT2D eigenvalue weighted by Crippen LogP contribution is -2.11. The molecule has 0 saturated heterocycles. The largest absolute Gasteiger partial charge is 0.497 e. The Bertz CT molecular complexity index is 535. The SMILES string of the molecule is COc1cccc(-n2nc(NC(C)C)nc2N)c1. The number of nitrogens with one attached hydrogen (secondary N) is 1. The van der Waals surface area contributed by atoms with Crippen molar-refractivity contribution < 1.29 is 4.74 Å². The van der Waals surface area contributed by atoms with E-state index in [1.54, 1.807) is 11.8 Å². The number of ether oxygens (including phenoxy) is 1. The Morgan fingerprint density at radius 1 is 1.39 bits per heavy atom. The first-order valence-corrected chi connectivity index (χ1v) is 5.73. The maximum Gasteiger partial charge on any atom is 0.244 e. The van der Waals surface area contributed by atoms with Crippen LogP contribution in [0, 0.1) is 0 Å². The van der Waals surface area contributed by atoms with Crippen molar-refractivity contribution in [3.05, 3.63) is 24.3 Å². The van der Waals surface area contributed by atoms with Crippen LogP contribution in [0.15, 0.2) is 24.3 Å². The summed E-state index contributed by atoms with van der Waals surface area (Å²) in [5.74, 6) is 1.61. The summed E-state index contributed by atoms with van der Waals surface area (Å²) in [4.78, 5) is 4.16. The van der Waals surface area contributed by atoms with Gasteiger partial charge in [-0.15, -0.1) is 5.10 Å². The van der Waals surface area contributed by atoms with Crippen LogP contribution in [0.25, 0.3) is 5.69 Å². The molecular formula is C12H17N5O. The van der Waals surface area contributed by atoms with Gasteiger partial charge in [0, 0.05) is 12.1 Å². The molecule has 0 saturated carbocycles. The van der Waals surface area contributed by atoms with E-state index in [1.807, 2.05) is 38.1 Å². The van der Waals surface area contributed by atoms with E-state index in [1.165, 1.54) is 0 Å². The number of hydrogen-bond acceptors (Lipinski definition) is 5. The van der Waals surface area contributed by atoms with Crippen LogP contribution in [-0.4, -0.2) is 27.9 Å². The zero-order valence-corrected chi connectivity index (χ0v) is 10.7. The number of methoxy groups -OCH3 is 1. The third kappa shape index (κ3) is 2.53. The minimum absolute atomic E-state index is 0.255. The number of nitrogens with two attached hydrogens (primary N) is 1. The van der Waals surface area contributed by atoms with Gasteiger partial charge in [0.15, 0.2) is 0 Å². The topological polar surface area (TPSA) is 78.0 Å². The molecular weight excluding hydrogens is 230 g/mol. The smallest absolute Gasteiger partial charge is 0.244 e. The number of benzene rings is 1. The van der Waals surface area contributed by atoms with Crippen LogP contribution in [0.4, 0.5) is 11.9 Å². The Balaban J connectivity index is 2.34. The highest BCUT2D eigenvalue weighted by Gasteiger charge is 2.09. The predicted molar refractivity (Wildman–Crippen MR) is 71.1 cm³/mol. The van der Waals surface area contributed by atoms with Crippen molar-refractivity contribution in [1.82, 2.24) is 14.8 Å². The molecule has 96 valence electrons. The van der Waals surface area contributed by atoms with Crippen molar-refractivity contribution in [3.8, 4) is 11.4 Å². The summed E-state index contributed by atoms with van der Waals surface area (Å²) in [6.07, 6.45) is 0. The molecule has 1 aromatic carbocycles. The van der Waals surface area contributed by atoms with Gasteiger partial charge in [-0.2, -0.15) is 9.67 Å². The maximum absolute atomic E-state index is 5.85. The Morgan fingerprint density at radius 2 is 2.17 bits per heavy atom. The highest BCUT2D eigenvalue weighted by Crippen LogP contribution is 2.19. The molecule has 0 radical (unpaired) electrons. The molecule has 1 heterocycles. The molecule has 2 aromatic rings. The van der Waals surface area contributed by atoms with Crippen LogP contribution in [0.1, 0.15) is 13.8 Å². The van der Waals surface area contributed by atoms with Gasteiger partial charge in [-0.05, 0) is 26.0 Å². The Labute approximate surface area is 106 Å². The molecule has 6 nitrogen and oxygen atoms in total. The van der Waals surface area contributed by atoms with Crippen LogP contribution in [-0.2, 0) is 0 Å². The third-order valence-corrected chi connectivity index (χ3v) is 2.35. The van der Waals surface area contributed by atoms with Crippen molar-refractivity contribution >= 4 is 11.9 Å². The summed E-state index contributed by atoms with van der Waals surface area (Å²) in [5.41, 5.74) is 6.67. The first-order valence-electron chi connectivity index (χ1n) is 5.73. The summed E-state index contributed by atoms with van der Waals surface area (Å²) < 4.78 is 6.75. The van der Waals surface area contributed by atoms with Gasteiger partial charge >= 0.3 is 0 Å². The minimum Gasteiger partial charge on any atom is -0.497 e. The van der Waals surface area contributed by atoms with Crippen LogP contribution in [0.2, 0.25) is 0 Å². The number of nitrogens with zero attached hydrogens (tertiary/aromatic N) is 3. The van der Waals surface area contributed by atoms with Gasteiger partial charge in [-0.3, -0.25) is 0 Å². The Hall–Kier alpha value is -2.24. The number of aromatic nitrogens is 3. The molecule has 0 aliphatic carbocycles. The lowest BCUT2D eigenvalue weighted by Gasteiger charge is -2.05. The molecule has 0 aliphatic heterocycles. The number of rotatable bonds is 4. The van der Waals surface area contributed by atoms with Crippen LogP contribution >= 0.6 is 0 Å². The normalized spacial score (nSPS) is 10.7. The standard InChI is InChI=1S/C12H17N5O/c1-8(2)14-12-15-11(13)17(16-12)9-5-4-6-10(7-9)18-3/h4-8H,1-3H3,(H3,13,14,15,16). The Morgan fingerprint density at radius 3 is 2.83 bits per heavy atom. The van der Waals surface area contributed by atoms with Gasteiger partial charge in [0.05, 0.1) is 12.8 Å². The molecule has 0 amide bonds. The average Bonchev–Trinajstić information content (AvgIpc) is 2.69. The van der Waals surface area contributed by atoms with Crippen molar-refractivity contribution in [2.45, 2.75) is 19.9 Å². The first-order chi connectivity index (χ1) is 8.60. The number of nitrogen functional groups attached to an aromatic ring is 1. The van der Waals surface area contributed by atoms with Crippen molar-refractivity contribution in [3.63, 3.8) is 0 Å². The van der Waals surface area contributed by atoms with Gasteiger partial charge in [0.2, 0.25) is 11.9 Å². The molecule has 0 spiro atoms. The highest BCUT2D eigenvalue weighted by molar-refractivity contribution is 5.45. The molecule has 2 rings (SSSR count). The molecule has 0 fully saturated rings. The molecule has 1 aromatic heterocycles. The summed E-state index contributed by atoms with van der Waals surface area (Å²) >= 11 is 0. The quantitative estimate of drug-likeness (QED) is 0.859. The maximum atomic E-state index is 5.85. The molecule has 0 bridgehead atoms. The zero-order valence-electron chi connectivity index (χ0n) is 10.7. The average molecular weight is 247 g/mol. The van der Waals surface area contributed by atoms with Crippen molar-refractivity contribution in [1.29, 1.82) is 0 Å². The van der Waals surface area contributed by atoms with Gasteiger partial charge in [0.25, 0.3) is 0 Å². The fraction of sp³-hybridized carbons (Fsp3) is 0.333. The first kappa shape index (κ1) is 12.2. The Kier molecular flexibility index (Phi) is 3.36. The fourth-order valence-electron chi connectivity index (χ4n) is 1.58. The summed E-state index contributed by atoms with van der Waals surface area (Å²) in [6.45, 7) is 4.03. The van der Waals surface area contributed by atoms with Gasteiger partial charge in [-0.25, -0.2) is 0 Å². The van der Waals surface area contributed by atoms with E-state index in [2.05, 4.69) is 15.4 Å². The number of anilines is 2. The summed E-state index contributed by atoms with van der Waals surface area (Å²) in [5, 5.41) is 7.42. The van der Waals surface area contributed by atoms with Crippen LogP contribution in [0.5, 0.6) is 5.75 Å². The molecule has 0 atom stereocenters. The van der Waals surface area contributed by atoms with E-state index in [4.69, 9.17) is 10.5 Å². The second-order valence-corrected chi connectivity index (χ2v) is 4.21. The lowest BCUT2D eigenvalue weighted by atomic mass is 10.3. The van der Waals surface area contributed by atoms with E-state index in [-0.39, 0.29) is 6.04 Å². The molecule has 6 heteroatoms. The van der Waals surface area contributed by atoms with Gasteiger partial charge in [-0.1, -0.05) is 6.07 Å². The second kappa shape index (κ2) is 4.95. The van der Waals surface area contributed by atoms with Crippen molar-refractivity contribution in [2.24, 2.45) is 0 Å². The third-order valence-electron chi connectivity index (χ3n) is 2.35. The van der Waals surface area contributed by atoms with Crippen LogP contribution in [0.3, 0.4) is 0 Å². The molecule has 18 heavy (non-hydrogen) atoms. The lowest BCUT2D eigenvalue weighted by molar-refractivity contribution is 0.414. The van der Waals surface area contributed by atoms with E-state index in [0.717, 1.165) is 11.4 Å². The van der Waals surface area contributed by atoms with Gasteiger partial charge < -0.3 is 15.8 Å². The summed E-state index contributed by atoms with van der Waals surface area (Å²) in [6, 6.07) is 7.75. The zero-order chi connectivity index (χ0) is 13.1. The van der Waals surface area contributed by atoms with Gasteiger partial charge in [0.1, 0.15) is 5.75 Å². The monoisotopic (exact) mass is 247 g/mol. The number of hydrogen-bond donors (Lipinski definition) is 2. The minimum atomic E-state index is 0.255. The predicted octanol–water partition coefficient (Wildman–Crippen LogP) is 1.68. The fourth-order valence-corrected chi connectivity index (χ4v) is 1.58. The summed E-state index contributed by atoms with van der Waals surface area (Å²) in [7, 11) is 1.62. The molecule has 0 aliphatic rings. The van der Waals surface area contributed by atoms with Crippen molar-refractivity contribution in [2.75, 3.05) is 18.2 Å². The second-order valence-electron chi connectivity index (χ2n) is 4.21. The molecule has 0 unspecified atom stereocenters. The van der Waals surface area contributed by atoms with E-state index in [9.17, 15) is 0 Å². The van der Waals surface area contributed by atoms with E-state index in [0.29, 0.717) is 11.9 Å². The highest BCUT2D eigenvalue weighted by atomic mass is 16.5. The van der Waals surface area contributed by atoms with Crippen LogP contribution < -0.4 is 15.8 Å². The van der Waals surface area contributed by atoms with E-state index >= 15 is 0 Å². The molecule has 3 N–H and O–H groups in total. The van der Waals surface area contributed by atoms with E-state index < -0.39 is 0 Å².